The van der Waals surface area contributed by atoms with Crippen molar-refractivity contribution in [3.8, 4) is 0 Å². The summed E-state index contributed by atoms with van der Waals surface area (Å²) in [5.74, 6) is 0.872. The van der Waals surface area contributed by atoms with Crippen LogP contribution in [0.1, 0.15) is 48.6 Å². The minimum absolute atomic E-state index is 0.0777. The van der Waals surface area contributed by atoms with Crippen molar-refractivity contribution in [2.75, 3.05) is 13.1 Å². The van der Waals surface area contributed by atoms with Crippen LogP contribution in [0.5, 0.6) is 0 Å². The molecule has 0 spiro atoms. The third kappa shape index (κ3) is 4.27. The minimum Gasteiger partial charge on any atom is -0.447 e. The summed E-state index contributed by atoms with van der Waals surface area (Å²) < 4.78 is 11.2. The highest BCUT2D eigenvalue weighted by Gasteiger charge is 2.19. The molecule has 26 heavy (non-hydrogen) atoms. The molecule has 0 N–H and O–H groups in total. The van der Waals surface area contributed by atoms with E-state index in [1.165, 1.54) is 18.0 Å². The Labute approximate surface area is 157 Å². The fraction of sp³-hybridized carbons (Fsp3) is 0.421. The second-order valence-electron chi connectivity index (χ2n) is 6.16. The third-order valence-electron chi connectivity index (χ3n) is 3.89. The molecule has 0 fully saturated rings. The minimum atomic E-state index is -0.0777. The Hall–Kier alpha value is -2.28. The number of benzene rings is 1. The fourth-order valence-corrected chi connectivity index (χ4v) is 3.38. The number of aromatic nitrogens is 2. The van der Waals surface area contributed by atoms with Crippen molar-refractivity contribution in [3.05, 3.63) is 41.6 Å². The molecule has 0 aliphatic heterocycles. The van der Waals surface area contributed by atoms with Gasteiger partial charge in [0.05, 0.1) is 5.75 Å². The summed E-state index contributed by atoms with van der Waals surface area (Å²) >= 11 is 1.40. The van der Waals surface area contributed by atoms with Gasteiger partial charge in [-0.3, -0.25) is 4.79 Å². The van der Waals surface area contributed by atoms with Crippen LogP contribution in [0.4, 0.5) is 0 Å². The lowest BCUT2D eigenvalue weighted by molar-refractivity contribution is 0.0749. The lowest BCUT2D eigenvalue weighted by atomic mass is 10.2. The second kappa shape index (κ2) is 8.40. The van der Waals surface area contributed by atoms with E-state index in [9.17, 15) is 4.79 Å². The highest BCUT2D eigenvalue weighted by molar-refractivity contribution is 7.98. The van der Waals surface area contributed by atoms with Gasteiger partial charge in [0.1, 0.15) is 11.8 Å². The number of rotatable bonds is 8. The van der Waals surface area contributed by atoms with Gasteiger partial charge in [-0.05, 0) is 37.5 Å². The van der Waals surface area contributed by atoms with Crippen molar-refractivity contribution in [3.63, 3.8) is 0 Å². The van der Waals surface area contributed by atoms with Crippen LogP contribution >= 0.6 is 11.8 Å². The smallest absolute Gasteiger partial charge is 0.275 e. The number of hydrogen-bond acceptors (Lipinski definition) is 6. The van der Waals surface area contributed by atoms with Gasteiger partial charge in [0.25, 0.3) is 11.1 Å². The van der Waals surface area contributed by atoms with Gasteiger partial charge in [0.15, 0.2) is 11.3 Å². The van der Waals surface area contributed by atoms with Gasteiger partial charge < -0.3 is 13.7 Å². The maximum absolute atomic E-state index is 12.5. The number of carbonyl (C=O) groups is 1. The Balaban J connectivity index is 1.64. The number of hydrogen-bond donors (Lipinski definition) is 0. The molecular weight excluding hydrogens is 350 g/mol. The first kappa shape index (κ1) is 18.5. The van der Waals surface area contributed by atoms with E-state index in [1.807, 2.05) is 30.0 Å². The van der Waals surface area contributed by atoms with Gasteiger partial charge in [0, 0.05) is 13.1 Å². The van der Waals surface area contributed by atoms with Crippen LogP contribution < -0.4 is 0 Å². The summed E-state index contributed by atoms with van der Waals surface area (Å²) in [6.45, 7) is 7.59. The molecule has 0 atom stereocenters. The number of fused-ring (bicyclic) bond motifs is 1. The summed E-state index contributed by atoms with van der Waals surface area (Å²) in [5.41, 5.74) is 3.10. The predicted molar refractivity (Wildman–Crippen MR) is 101 cm³/mol. The molecule has 0 aliphatic carbocycles. The Kier molecular flexibility index (Phi) is 5.98. The predicted octanol–water partition coefficient (Wildman–Crippen LogP) is 4.68. The maximum Gasteiger partial charge on any atom is 0.275 e. The lowest BCUT2D eigenvalue weighted by Crippen LogP contribution is -2.32. The van der Waals surface area contributed by atoms with E-state index in [1.54, 1.807) is 0 Å². The zero-order valence-corrected chi connectivity index (χ0v) is 16.1. The largest absolute Gasteiger partial charge is 0.447 e. The van der Waals surface area contributed by atoms with Crippen LogP contribution in [0.25, 0.3) is 11.1 Å². The van der Waals surface area contributed by atoms with Gasteiger partial charge in [-0.25, -0.2) is 9.97 Å². The van der Waals surface area contributed by atoms with Crippen molar-refractivity contribution < 1.29 is 13.6 Å². The first-order valence-electron chi connectivity index (χ1n) is 8.84. The summed E-state index contributed by atoms with van der Waals surface area (Å²) in [6.07, 6.45) is 3.28. The molecule has 138 valence electrons. The Bertz CT molecular complexity index is 881. The fourth-order valence-electron chi connectivity index (χ4n) is 2.69. The summed E-state index contributed by atoms with van der Waals surface area (Å²) in [4.78, 5) is 23.1. The van der Waals surface area contributed by atoms with Crippen LogP contribution in [0.3, 0.4) is 0 Å². The van der Waals surface area contributed by atoms with Crippen molar-refractivity contribution in [1.82, 2.24) is 14.9 Å². The number of thioether (sulfide) groups is 1. The van der Waals surface area contributed by atoms with Gasteiger partial charge in [-0.2, -0.15) is 0 Å². The molecule has 0 aliphatic rings. The van der Waals surface area contributed by atoms with Crippen molar-refractivity contribution in [2.24, 2.45) is 0 Å². The average Bonchev–Trinajstić information content (AvgIpc) is 3.25. The van der Waals surface area contributed by atoms with Crippen LogP contribution in [-0.4, -0.2) is 33.9 Å². The lowest BCUT2D eigenvalue weighted by Gasteiger charge is -2.19. The molecular formula is C19H23N3O3S. The normalized spacial score (nSPS) is 11.2. The summed E-state index contributed by atoms with van der Waals surface area (Å²) in [5, 5.41) is 0.565. The molecule has 1 aromatic carbocycles. The van der Waals surface area contributed by atoms with Gasteiger partial charge in [-0.15, -0.1) is 0 Å². The SMILES string of the molecule is CCCN(CCC)C(=O)c1coc(CSc2nc3cc(C)ccc3o2)n1. The van der Waals surface area contributed by atoms with E-state index >= 15 is 0 Å². The zero-order valence-electron chi connectivity index (χ0n) is 15.3. The van der Waals surface area contributed by atoms with Gasteiger partial charge in [-0.1, -0.05) is 31.7 Å². The quantitative estimate of drug-likeness (QED) is 0.534. The summed E-state index contributed by atoms with van der Waals surface area (Å²) in [6, 6.07) is 5.90. The highest BCUT2D eigenvalue weighted by Crippen LogP contribution is 2.26. The molecule has 6 nitrogen and oxygen atoms in total. The Morgan fingerprint density at radius 2 is 1.96 bits per heavy atom. The van der Waals surface area contributed by atoms with E-state index in [0.29, 0.717) is 22.6 Å². The number of aryl methyl sites for hydroxylation is 1. The number of carbonyl (C=O) groups excluding carboxylic acids is 1. The molecule has 2 heterocycles. The Morgan fingerprint density at radius 1 is 1.19 bits per heavy atom. The van der Waals surface area contributed by atoms with Gasteiger partial charge in [0.2, 0.25) is 5.89 Å². The van der Waals surface area contributed by atoms with Crippen LogP contribution in [0.2, 0.25) is 0 Å². The van der Waals surface area contributed by atoms with Crippen molar-refractivity contribution in [2.45, 2.75) is 44.6 Å². The summed E-state index contributed by atoms with van der Waals surface area (Å²) in [7, 11) is 0. The average molecular weight is 373 g/mol. The van der Waals surface area contributed by atoms with E-state index in [2.05, 4.69) is 23.8 Å². The molecule has 3 aromatic rings. The monoisotopic (exact) mass is 373 g/mol. The molecule has 3 rings (SSSR count). The van der Waals surface area contributed by atoms with E-state index < -0.39 is 0 Å². The molecule has 2 aromatic heterocycles. The Morgan fingerprint density at radius 3 is 2.69 bits per heavy atom. The van der Waals surface area contributed by atoms with Crippen LogP contribution in [0, 0.1) is 6.92 Å². The number of amides is 1. The third-order valence-corrected chi connectivity index (χ3v) is 4.70. The maximum atomic E-state index is 12.5. The molecule has 0 bridgehead atoms. The molecule has 1 amide bonds. The van der Waals surface area contributed by atoms with E-state index in [4.69, 9.17) is 8.83 Å². The van der Waals surface area contributed by atoms with Gasteiger partial charge >= 0.3 is 0 Å². The first-order valence-corrected chi connectivity index (χ1v) is 9.83. The molecule has 0 unspecified atom stereocenters. The zero-order chi connectivity index (χ0) is 18.5. The van der Waals surface area contributed by atoms with Crippen molar-refractivity contribution in [1.29, 1.82) is 0 Å². The van der Waals surface area contributed by atoms with Crippen molar-refractivity contribution >= 4 is 28.8 Å². The number of nitrogens with zero attached hydrogens (tertiary/aromatic N) is 3. The topological polar surface area (TPSA) is 72.4 Å². The molecule has 7 heteroatoms. The van der Waals surface area contributed by atoms with Crippen LogP contribution in [0.15, 0.2) is 38.5 Å². The highest BCUT2D eigenvalue weighted by atomic mass is 32.2. The standard InChI is InChI=1S/C19H23N3O3S/c1-4-8-22(9-5-2)18(23)15-11-24-17(20-15)12-26-19-21-14-10-13(3)6-7-16(14)25-19/h6-7,10-11H,4-5,8-9,12H2,1-3H3. The molecule has 0 saturated heterocycles. The van der Waals surface area contributed by atoms with Crippen LogP contribution in [-0.2, 0) is 5.75 Å². The second-order valence-corrected chi connectivity index (χ2v) is 7.08. The first-order chi connectivity index (χ1) is 12.6. The van der Waals surface area contributed by atoms with E-state index in [-0.39, 0.29) is 5.91 Å². The molecule has 0 saturated carbocycles. The van der Waals surface area contributed by atoms with E-state index in [0.717, 1.165) is 42.6 Å². The number of oxazole rings is 2. The molecule has 0 radical (unpaired) electrons.